The molecule has 22 heavy (non-hydrogen) atoms. The number of halogens is 1. The van der Waals surface area contributed by atoms with Gasteiger partial charge in [0.25, 0.3) is 5.91 Å². The summed E-state index contributed by atoms with van der Waals surface area (Å²) in [6.07, 6.45) is 1.18. The first kappa shape index (κ1) is 14.3. The molecule has 5 heteroatoms. The van der Waals surface area contributed by atoms with Crippen molar-refractivity contribution in [3.63, 3.8) is 0 Å². The van der Waals surface area contributed by atoms with Gasteiger partial charge in [0.15, 0.2) is 0 Å². The third-order valence-electron chi connectivity index (χ3n) is 3.61. The van der Waals surface area contributed by atoms with Crippen LogP contribution in [0.4, 0.5) is 10.1 Å². The predicted octanol–water partition coefficient (Wildman–Crippen LogP) is 2.64. The molecule has 112 valence electrons. The fraction of sp³-hybridized carbons (Fsp3) is 0.176. The third-order valence-corrected chi connectivity index (χ3v) is 3.61. The van der Waals surface area contributed by atoms with Crippen LogP contribution in [0.3, 0.4) is 0 Å². The lowest BCUT2D eigenvalue weighted by molar-refractivity contribution is -0.116. The summed E-state index contributed by atoms with van der Waals surface area (Å²) in [5.41, 5.74) is 3.14. The second-order valence-electron chi connectivity index (χ2n) is 5.23. The van der Waals surface area contributed by atoms with E-state index in [1.807, 2.05) is 18.2 Å². The summed E-state index contributed by atoms with van der Waals surface area (Å²) >= 11 is 0. The van der Waals surface area contributed by atoms with E-state index in [0.717, 1.165) is 16.8 Å². The van der Waals surface area contributed by atoms with Crippen molar-refractivity contribution < 1.29 is 14.0 Å². The largest absolute Gasteiger partial charge is 0.348 e. The molecule has 0 fully saturated rings. The van der Waals surface area contributed by atoms with Crippen molar-refractivity contribution in [3.05, 3.63) is 65.0 Å². The van der Waals surface area contributed by atoms with Crippen molar-refractivity contribution in [2.75, 3.05) is 5.32 Å². The van der Waals surface area contributed by atoms with Crippen molar-refractivity contribution in [3.8, 4) is 0 Å². The minimum atomic E-state index is -0.433. The van der Waals surface area contributed by atoms with Crippen molar-refractivity contribution in [1.29, 1.82) is 0 Å². The number of hydrogen-bond donors (Lipinski definition) is 2. The van der Waals surface area contributed by atoms with E-state index < -0.39 is 5.82 Å². The Morgan fingerprint density at radius 1 is 1.18 bits per heavy atom. The van der Waals surface area contributed by atoms with E-state index in [9.17, 15) is 14.0 Å². The monoisotopic (exact) mass is 298 g/mol. The van der Waals surface area contributed by atoms with Crippen LogP contribution in [0.15, 0.2) is 42.5 Å². The molecule has 2 aromatic carbocycles. The number of nitrogens with one attached hydrogen (secondary N) is 2. The molecule has 0 atom stereocenters. The van der Waals surface area contributed by atoms with Gasteiger partial charge in [-0.05, 0) is 41.8 Å². The second-order valence-corrected chi connectivity index (χ2v) is 5.23. The number of benzene rings is 2. The average Bonchev–Trinajstić information content (AvgIpc) is 2.52. The molecule has 4 nitrogen and oxygen atoms in total. The Bertz CT molecular complexity index is 743. The molecule has 2 N–H and O–H groups in total. The summed E-state index contributed by atoms with van der Waals surface area (Å²) in [5, 5.41) is 5.58. The zero-order valence-corrected chi connectivity index (χ0v) is 11.9. The van der Waals surface area contributed by atoms with Gasteiger partial charge in [0, 0.05) is 24.2 Å². The topological polar surface area (TPSA) is 58.2 Å². The zero-order valence-electron chi connectivity index (χ0n) is 11.9. The summed E-state index contributed by atoms with van der Waals surface area (Å²) in [6, 6.07) is 11.3. The molecule has 3 rings (SSSR count). The molecule has 1 aliphatic rings. The number of amides is 2. The van der Waals surface area contributed by atoms with Crippen LogP contribution >= 0.6 is 0 Å². The molecule has 0 aromatic heterocycles. The molecular weight excluding hydrogens is 283 g/mol. The Morgan fingerprint density at radius 3 is 2.86 bits per heavy atom. The van der Waals surface area contributed by atoms with Crippen LogP contribution in [-0.2, 0) is 17.8 Å². The minimum Gasteiger partial charge on any atom is -0.348 e. The molecule has 1 heterocycles. The Kier molecular flexibility index (Phi) is 3.87. The standard InChI is InChI=1S/C17H15FN2O2/c18-14-3-1-2-13(9-14)17(22)19-10-11-4-6-15-12(8-11)5-7-16(21)20-15/h1-4,6,8-9H,5,7,10H2,(H,19,22)(H,20,21). The van der Waals surface area contributed by atoms with Crippen molar-refractivity contribution in [2.24, 2.45) is 0 Å². The van der Waals surface area contributed by atoms with Gasteiger partial charge in [0.2, 0.25) is 5.91 Å². The number of hydrogen-bond acceptors (Lipinski definition) is 2. The molecular formula is C17H15FN2O2. The van der Waals surface area contributed by atoms with Gasteiger partial charge in [-0.3, -0.25) is 9.59 Å². The predicted molar refractivity (Wildman–Crippen MR) is 81.0 cm³/mol. The number of carbonyl (C=O) groups excluding carboxylic acids is 2. The van der Waals surface area contributed by atoms with E-state index in [-0.39, 0.29) is 11.8 Å². The Hall–Kier alpha value is -2.69. The highest BCUT2D eigenvalue weighted by atomic mass is 19.1. The lowest BCUT2D eigenvalue weighted by Gasteiger charge is -2.17. The third kappa shape index (κ3) is 3.14. The van der Waals surface area contributed by atoms with Crippen molar-refractivity contribution in [1.82, 2.24) is 5.32 Å². The first-order valence-corrected chi connectivity index (χ1v) is 7.07. The highest BCUT2D eigenvalue weighted by molar-refractivity contribution is 5.94. The highest BCUT2D eigenvalue weighted by Gasteiger charge is 2.15. The average molecular weight is 298 g/mol. The fourth-order valence-corrected chi connectivity index (χ4v) is 2.46. The molecule has 2 aromatic rings. The van der Waals surface area contributed by atoms with Gasteiger partial charge < -0.3 is 10.6 Å². The van der Waals surface area contributed by atoms with Crippen molar-refractivity contribution in [2.45, 2.75) is 19.4 Å². The maximum Gasteiger partial charge on any atom is 0.251 e. The molecule has 0 bridgehead atoms. The molecule has 0 unspecified atom stereocenters. The van der Waals surface area contributed by atoms with Crippen LogP contribution in [0.5, 0.6) is 0 Å². The summed E-state index contributed by atoms with van der Waals surface area (Å²) in [4.78, 5) is 23.3. The van der Waals surface area contributed by atoms with Crippen LogP contribution < -0.4 is 10.6 Å². The first-order chi connectivity index (χ1) is 10.6. The number of rotatable bonds is 3. The summed E-state index contributed by atoms with van der Waals surface area (Å²) < 4.78 is 13.1. The normalized spacial score (nSPS) is 13.2. The molecule has 2 amide bonds. The molecule has 0 saturated carbocycles. The van der Waals surface area contributed by atoms with E-state index in [1.165, 1.54) is 18.2 Å². The Morgan fingerprint density at radius 2 is 2.05 bits per heavy atom. The van der Waals surface area contributed by atoms with Crippen LogP contribution in [0, 0.1) is 5.82 Å². The van der Waals surface area contributed by atoms with Gasteiger partial charge in [0.05, 0.1) is 0 Å². The van der Waals surface area contributed by atoms with Gasteiger partial charge >= 0.3 is 0 Å². The molecule has 0 saturated heterocycles. The van der Waals surface area contributed by atoms with Gasteiger partial charge in [-0.2, -0.15) is 0 Å². The Labute approximate surface area is 127 Å². The Balaban J connectivity index is 1.67. The lowest BCUT2D eigenvalue weighted by Crippen LogP contribution is -2.23. The minimum absolute atomic E-state index is 0.0275. The quantitative estimate of drug-likeness (QED) is 0.915. The van der Waals surface area contributed by atoms with Gasteiger partial charge in [-0.15, -0.1) is 0 Å². The van der Waals surface area contributed by atoms with Crippen LogP contribution in [0.1, 0.15) is 27.9 Å². The van der Waals surface area contributed by atoms with Crippen LogP contribution in [0.2, 0.25) is 0 Å². The number of fused-ring (bicyclic) bond motifs is 1. The van der Waals surface area contributed by atoms with Gasteiger partial charge in [-0.1, -0.05) is 18.2 Å². The maximum absolute atomic E-state index is 13.1. The second kappa shape index (κ2) is 5.97. The first-order valence-electron chi connectivity index (χ1n) is 7.07. The number of carbonyl (C=O) groups is 2. The molecule has 0 aliphatic carbocycles. The van der Waals surface area contributed by atoms with Crippen LogP contribution in [-0.4, -0.2) is 11.8 Å². The highest BCUT2D eigenvalue weighted by Crippen LogP contribution is 2.23. The molecule has 1 aliphatic heterocycles. The SMILES string of the molecule is O=C1CCc2cc(CNC(=O)c3cccc(F)c3)ccc2N1. The molecule has 0 spiro atoms. The maximum atomic E-state index is 13.1. The summed E-state index contributed by atoms with van der Waals surface area (Å²) in [5.74, 6) is -0.720. The van der Waals surface area contributed by atoms with E-state index in [0.29, 0.717) is 24.9 Å². The van der Waals surface area contributed by atoms with E-state index in [1.54, 1.807) is 6.07 Å². The van der Waals surface area contributed by atoms with Gasteiger partial charge in [-0.25, -0.2) is 4.39 Å². The number of aryl methyl sites for hydroxylation is 1. The summed E-state index contributed by atoms with van der Waals surface area (Å²) in [6.45, 7) is 0.358. The molecule has 0 radical (unpaired) electrons. The van der Waals surface area contributed by atoms with Crippen molar-refractivity contribution >= 4 is 17.5 Å². The lowest BCUT2D eigenvalue weighted by atomic mass is 10.0. The van der Waals surface area contributed by atoms with Crippen LogP contribution in [0.25, 0.3) is 0 Å². The smallest absolute Gasteiger partial charge is 0.251 e. The van der Waals surface area contributed by atoms with E-state index >= 15 is 0 Å². The van der Waals surface area contributed by atoms with E-state index in [2.05, 4.69) is 10.6 Å². The van der Waals surface area contributed by atoms with E-state index in [4.69, 9.17) is 0 Å². The number of anilines is 1. The van der Waals surface area contributed by atoms with Gasteiger partial charge in [0.1, 0.15) is 5.82 Å². The zero-order chi connectivity index (χ0) is 15.5. The fourth-order valence-electron chi connectivity index (χ4n) is 2.46. The summed E-state index contributed by atoms with van der Waals surface area (Å²) in [7, 11) is 0.